The van der Waals surface area contributed by atoms with Gasteiger partial charge < -0.3 is 24.4 Å². The Morgan fingerprint density at radius 1 is 1.03 bits per heavy atom. The van der Waals surface area contributed by atoms with Gasteiger partial charge in [-0.3, -0.25) is 9.59 Å². The molecule has 178 valence electrons. The van der Waals surface area contributed by atoms with Gasteiger partial charge in [-0.2, -0.15) is 0 Å². The first kappa shape index (κ1) is 24.9. The van der Waals surface area contributed by atoms with Crippen LogP contribution in [0.15, 0.2) is 46.9 Å². The van der Waals surface area contributed by atoms with Crippen LogP contribution in [-0.4, -0.2) is 49.6 Å². The van der Waals surface area contributed by atoms with Crippen molar-refractivity contribution in [3.8, 4) is 17.2 Å². The molecule has 1 aliphatic carbocycles. The summed E-state index contributed by atoms with van der Waals surface area (Å²) in [4.78, 5) is 27.7. The van der Waals surface area contributed by atoms with E-state index in [4.69, 9.17) is 14.2 Å². The van der Waals surface area contributed by atoms with Gasteiger partial charge in [0.05, 0.1) is 14.2 Å². The van der Waals surface area contributed by atoms with Crippen molar-refractivity contribution < 1.29 is 23.8 Å². The van der Waals surface area contributed by atoms with Crippen LogP contribution in [-0.2, 0) is 16.1 Å². The van der Waals surface area contributed by atoms with Crippen molar-refractivity contribution in [3.05, 3.63) is 52.5 Å². The third-order valence-corrected chi connectivity index (χ3v) is 6.35. The molecule has 1 saturated carbocycles. The van der Waals surface area contributed by atoms with Gasteiger partial charge in [0, 0.05) is 35.3 Å². The fraction of sp³-hybridized carbons (Fsp3) is 0.440. The molecular weight excluding hydrogens is 488 g/mol. The summed E-state index contributed by atoms with van der Waals surface area (Å²) in [5.74, 6) is 1.15. The Balaban J connectivity index is 1.73. The number of hydrogen-bond donors (Lipinski definition) is 1. The Morgan fingerprint density at radius 3 is 2.18 bits per heavy atom. The fourth-order valence-electron chi connectivity index (χ4n) is 3.85. The first-order chi connectivity index (χ1) is 15.9. The van der Waals surface area contributed by atoms with Crippen LogP contribution in [0.1, 0.15) is 38.2 Å². The second-order valence-electron chi connectivity index (χ2n) is 8.15. The molecule has 1 N–H and O–H groups in total. The van der Waals surface area contributed by atoms with E-state index in [0.29, 0.717) is 23.8 Å². The minimum atomic E-state index is -0.634. The highest BCUT2D eigenvalue weighted by atomic mass is 79.9. The predicted molar refractivity (Wildman–Crippen MR) is 130 cm³/mol. The Labute approximate surface area is 203 Å². The second-order valence-corrected chi connectivity index (χ2v) is 9.07. The molecule has 0 aliphatic heterocycles. The number of nitrogens with one attached hydrogen (secondary N) is 1. The van der Waals surface area contributed by atoms with Crippen LogP contribution < -0.4 is 19.5 Å². The van der Waals surface area contributed by atoms with E-state index in [2.05, 4.69) is 21.2 Å². The van der Waals surface area contributed by atoms with Crippen molar-refractivity contribution in [3.63, 3.8) is 0 Å². The zero-order valence-corrected chi connectivity index (χ0v) is 20.9. The molecule has 0 heterocycles. The lowest BCUT2D eigenvalue weighted by atomic mass is 10.1. The summed E-state index contributed by atoms with van der Waals surface area (Å²) in [6.07, 6.45) is 4.22. The third kappa shape index (κ3) is 7.12. The first-order valence-corrected chi connectivity index (χ1v) is 11.9. The maximum Gasteiger partial charge on any atom is 0.261 e. The average Bonchev–Trinajstić information content (AvgIpc) is 3.34. The molecule has 0 saturated heterocycles. The van der Waals surface area contributed by atoms with Crippen molar-refractivity contribution in [2.75, 3.05) is 20.8 Å². The zero-order chi connectivity index (χ0) is 23.8. The Kier molecular flexibility index (Phi) is 9.00. The second kappa shape index (κ2) is 11.9. The van der Waals surface area contributed by atoms with E-state index in [9.17, 15) is 9.59 Å². The van der Waals surface area contributed by atoms with E-state index in [1.807, 2.05) is 24.3 Å². The number of hydrogen-bond acceptors (Lipinski definition) is 5. The van der Waals surface area contributed by atoms with Gasteiger partial charge in [0.15, 0.2) is 6.61 Å². The van der Waals surface area contributed by atoms with Gasteiger partial charge in [-0.05, 0) is 37.5 Å². The van der Waals surface area contributed by atoms with Gasteiger partial charge in [-0.25, -0.2) is 0 Å². The summed E-state index contributed by atoms with van der Waals surface area (Å²) in [5, 5.41) is 3.10. The van der Waals surface area contributed by atoms with Crippen LogP contribution in [0.4, 0.5) is 0 Å². The summed E-state index contributed by atoms with van der Waals surface area (Å²) in [6.45, 7) is 1.85. The zero-order valence-electron chi connectivity index (χ0n) is 19.3. The van der Waals surface area contributed by atoms with Crippen LogP contribution in [0.3, 0.4) is 0 Å². The molecule has 1 fully saturated rings. The highest BCUT2D eigenvalue weighted by molar-refractivity contribution is 9.10. The van der Waals surface area contributed by atoms with Crippen LogP contribution >= 0.6 is 15.9 Å². The van der Waals surface area contributed by atoms with Gasteiger partial charge >= 0.3 is 0 Å². The molecule has 0 unspecified atom stereocenters. The van der Waals surface area contributed by atoms with Crippen LogP contribution in [0.25, 0.3) is 0 Å². The number of nitrogens with zero attached hydrogens (tertiary/aromatic N) is 1. The maximum atomic E-state index is 13.2. The number of rotatable bonds is 10. The van der Waals surface area contributed by atoms with Crippen molar-refractivity contribution in [1.82, 2.24) is 10.2 Å². The molecule has 0 aromatic heterocycles. The highest BCUT2D eigenvalue weighted by Gasteiger charge is 2.28. The molecule has 0 spiro atoms. The summed E-state index contributed by atoms with van der Waals surface area (Å²) >= 11 is 3.43. The van der Waals surface area contributed by atoms with Gasteiger partial charge in [0.1, 0.15) is 23.3 Å². The van der Waals surface area contributed by atoms with Gasteiger partial charge in [0.2, 0.25) is 5.91 Å². The van der Waals surface area contributed by atoms with Crippen molar-refractivity contribution in [2.24, 2.45) is 0 Å². The third-order valence-electron chi connectivity index (χ3n) is 5.82. The quantitative estimate of drug-likeness (QED) is 0.506. The van der Waals surface area contributed by atoms with E-state index in [0.717, 1.165) is 35.7 Å². The molecular formula is C25H31BrN2O5. The number of carbonyl (C=O) groups is 2. The molecule has 0 radical (unpaired) electrons. The molecule has 1 aliphatic rings. The molecule has 3 rings (SSSR count). The van der Waals surface area contributed by atoms with Crippen molar-refractivity contribution in [1.29, 1.82) is 0 Å². The Hall–Kier alpha value is -2.74. The SMILES string of the molecule is COc1cc(OC)cc(OCC(=O)N(Cc2ccc(Br)cc2)[C@@H](C)C(=O)NC2CCCC2)c1. The lowest BCUT2D eigenvalue weighted by Crippen LogP contribution is -2.50. The average molecular weight is 519 g/mol. The lowest BCUT2D eigenvalue weighted by Gasteiger charge is -2.29. The lowest BCUT2D eigenvalue weighted by molar-refractivity contribution is -0.142. The Bertz CT molecular complexity index is 922. The van der Waals surface area contributed by atoms with Crippen LogP contribution in [0, 0.1) is 0 Å². The molecule has 1 atom stereocenters. The fourth-order valence-corrected chi connectivity index (χ4v) is 4.12. The highest BCUT2D eigenvalue weighted by Crippen LogP contribution is 2.27. The summed E-state index contributed by atoms with van der Waals surface area (Å²) in [7, 11) is 3.10. The largest absolute Gasteiger partial charge is 0.496 e. The van der Waals surface area contributed by atoms with E-state index >= 15 is 0 Å². The Morgan fingerprint density at radius 2 is 1.61 bits per heavy atom. The first-order valence-electron chi connectivity index (χ1n) is 11.1. The smallest absolute Gasteiger partial charge is 0.261 e. The number of methoxy groups -OCH3 is 2. The van der Waals surface area contributed by atoms with E-state index in [-0.39, 0.29) is 24.5 Å². The number of ether oxygens (including phenoxy) is 3. The number of amides is 2. The topological polar surface area (TPSA) is 77.1 Å². The minimum absolute atomic E-state index is 0.143. The standard InChI is InChI=1S/C25H31BrN2O5/c1-17(25(30)27-20-6-4-5-7-20)28(15-18-8-10-19(26)11-9-18)24(29)16-33-23-13-21(31-2)12-22(14-23)32-3/h8-14,17,20H,4-7,15-16H2,1-3H3,(H,27,30)/t17-/m0/s1. The summed E-state index contributed by atoms with van der Waals surface area (Å²) in [5.41, 5.74) is 0.926. The molecule has 8 heteroatoms. The minimum Gasteiger partial charge on any atom is -0.496 e. The van der Waals surface area contributed by atoms with Gasteiger partial charge in [-0.15, -0.1) is 0 Å². The van der Waals surface area contributed by atoms with Gasteiger partial charge in [0.25, 0.3) is 5.91 Å². The van der Waals surface area contributed by atoms with Crippen molar-refractivity contribution in [2.45, 2.75) is 51.2 Å². The summed E-state index contributed by atoms with van der Waals surface area (Å²) < 4.78 is 17.2. The molecule has 0 bridgehead atoms. The number of benzene rings is 2. The normalized spacial score (nSPS) is 14.4. The molecule has 33 heavy (non-hydrogen) atoms. The van der Waals surface area contributed by atoms with E-state index in [1.165, 1.54) is 0 Å². The van der Waals surface area contributed by atoms with E-state index in [1.54, 1.807) is 44.2 Å². The number of carbonyl (C=O) groups excluding carboxylic acids is 2. The molecule has 2 amide bonds. The molecule has 2 aromatic carbocycles. The van der Waals surface area contributed by atoms with Crippen LogP contribution in [0.2, 0.25) is 0 Å². The van der Waals surface area contributed by atoms with E-state index < -0.39 is 6.04 Å². The van der Waals surface area contributed by atoms with Gasteiger partial charge in [-0.1, -0.05) is 40.9 Å². The molecule has 7 nitrogen and oxygen atoms in total. The predicted octanol–water partition coefficient (Wildman–Crippen LogP) is 4.32. The van der Waals surface area contributed by atoms with Crippen LogP contribution in [0.5, 0.6) is 17.2 Å². The monoisotopic (exact) mass is 518 g/mol. The number of halogens is 1. The molecule has 2 aromatic rings. The summed E-state index contributed by atoms with van der Waals surface area (Å²) in [6, 6.07) is 12.3. The maximum absolute atomic E-state index is 13.2. The van der Waals surface area contributed by atoms with Crippen molar-refractivity contribution >= 4 is 27.7 Å².